The minimum atomic E-state index is -2.41. The van der Waals surface area contributed by atoms with Crippen LogP contribution in [-0.4, -0.2) is 23.8 Å². The quantitative estimate of drug-likeness (QED) is 0.725. The average Bonchev–Trinajstić information content (AvgIpc) is 2.97. The molecule has 2 atom stereocenters. The first-order chi connectivity index (χ1) is 11.1. The second-order valence-electron chi connectivity index (χ2n) is 5.32. The zero-order valence-corrected chi connectivity index (χ0v) is 13.7. The van der Waals surface area contributed by atoms with Crippen molar-refractivity contribution in [2.75, 3.05) is 0 Å². The molecular formula is C16H17N3O3S. The third-order valence-corrected chi connectivity index (χ3v) is 4.15. The number of rotatable bonds is 5. The van der Waals surface area contributed by atoms with Crippen LogP contribution in [0, 0.1) is 0 Å². The van der Waals surface area contributed by atoms with Gasteiger partial charge in [-0.25, -0.2) is 0 Å². The van der Waals surface area contributed by atoms with E-state index in [1.165, 1.54) is 4.80 Å². The molecule has 1 aromatic heterocycles. The van der Waals surface area contributed by atoms with Crippen molar-refractivity contribution in [3.05, 3.63) is 48.0 Å². The van der Waals surface area contributed by atoms with Gasteiger partial charge in [0.15, 0.2) is 5.75 Å². The van der Waals surface area contributed by atoms with Crippen LogP contribution < -0.4 is 4.18 Å². The van der Waals surface area contributed by atoms with Crippen molar-refractivity contribution in [1.82, 2.24) is 15.0 Å². The maximum absolute atomic E-state index is 11.0. The van der Waals surface area contributed by atoms with Crippen LogP contribution in [0.3, 0.4) is 0 Å². The van der Waals surface area contributed by atoms with Gasteiger partial charge in [-0.2, -0.15) is 4.21 Å². The summed E-state index contributed by atoms with van der Waals surface area (Å²) in [6.07, 6.45) is 0.986. The molecule has 1 heterocycles. The molecule has 2 aromatic carbocycles. The summed E-state index contributed by atoms with van der Waals surface area (Å²) in [5, 5.41) is 8.84. The Hall–Kier alpha value is -2.25. The van der Waals surface area contributed by atoms with Crippen LogP contribution in [0.4, 0.5) is 0 Å². The van der Waals surface area contributed by atoms with Gasteiger partial charge in [0.1, 0.15) is 16.7 Å². The van der Waals surface area contributed by atoms with Crippen LogP contribution in [0.2, 0.25) is 0 Å². The van der Waals surface area contributed by atoms with Crippen LogP contribution in [0.5, 0.6) is 5.75 Å². The number of hydrogen-bond donors (Lipinski definition) is 1. The molecule has 0 aliphatic heterocycles. The van der Waals surface area contributed by atoms with Gasteiger partial charge in [-0.1, -0.05) is 32.0 Å². The van der Waals surface area contributed by atoms with Gasteiger partial charge in [0.2, 0.25) is 0 Å². The highest BCUT2D eigenvalue weighted by Crippen LogP contribution is 2.29. The molecule has 0 spiro atoms. The Morgan fingerprint density at radius 1 is 1.22 bits per heavy atom. The molecule has 0 amide bonds. The smallest absolute Gasteiger partial charge is 0.357 e. The predicted molar refractivity (Wildman–Crippen MR) is 89.0 cm³/mol. The van der Waals surface area contributed by atoms with E-state index >= 15 is 0 Å². The van der Waals surface area contributed by atoms with Crippen LogP contribution in [0.15, 0.2) is 42.5 Å². The molecule has 2 unspecified atom stereocenters. The molecule has 3 aromatic rings. The first kappa shape index (κ1) is 15.6. The minimum absolute atomic E-state index is 0.262. The molecule has 0 saturated carbocycles. The van der Waals surface area contributed by atoms with Gasteiger partial charge in [-0.3, -0.25) is 4.55 Å². The summed E-state index contributed by atoms with van der Waals surface area (Å²) in [5.41, 5.74) is 3.14. The molecule has 0 radical (unpaired) electrons. The SMILES string of the molecule is CCC(C)c1ccc(OS(=O)O)c(-n2nc3ccccc3n2)c1. The maximum Gasteiger partial charge on any atom is 0.357 e. The van der Waals surface area contributed by atoms with Crippen molar-refractivity contribution in [2.24, 2.45) is 0 Å². The Morgan fingerprint density at radius 2 is 1.87 bits per heavy atom. The zero-order chi connectivity index (χ0) is 16.4. The van der Waals surface area contributed by atoms with Crippen molar-refractivity contribution < 1.29 is 12.9 Å². The van der Waals surface area contributed by atoms with Gasteiger partial charge in [-0.15, -0.1) is 15.0 Å². The summed E-state index contributed by atoms with van der Waals surface area (Å²) in [4.78, 5) is 1.44. The van der Waals surface area contributed by atoms with E-state index in [2.05, 4.69) is 24.0 Å². The van der Waals surface area contributed by atoms with Crippen molar-refractivity contribution in [3.8, 4) is 11.4 Å². The lowest BCUT2D eigenvalue weighted by Crippen LogP contribution is -2.06. The molecule has 0 aliphatic rings. The molecule has 0 aliphatic carbocycles. The fourth-order valence-electron chi connectivity index (χ4n) is 2.35. The summed E-state index contributed by atoms with van der Waals surface area (Å²) in [6, 6.07) is 13.0. The van der Waals surface area contributed by atoms with Crippen molar-refractivity contribution in [3.63, 3.8) is 0 Å². The van der Waals surface area contributed by atoms with Crippen LogP contribution in [0.25, 0.3) is 16.7 Å². The van der Waals surface area contributed by atoms with Gasteiger partial charge in [-0.05, 0) is 42.2 Å². The Morgan fingerprint density at radius 3 is 2.43 bits per heavy atom. The summed E-state index contributed by atoms with van der Waals surface area (Å²) in [7, 11) is 0. The number of fused-ring (bicyclic) bond motifs is 1. The third-order valence-electron chi connectivity index (χ3n) is 3.83. The Labute approximate surface area is 136 Å². The van der Waals surface area contributed by atoms with Crippen LogP contribution in [0.1, 0.15) is 31.7 Å². The standard InChI is InChI=1S/C16H17N3O3S/c1-3-11(2)12-8-9-16(22-23(20)21)15(10-12)19-17-13-6-4-5-7-14(13)18-19/h4-11H,3H2,1-2H3,(H,20,21). The molecule has 1 N–H and O–H groups in total. The molecule has 3 rings (SSSR count). The number of hydrogen-bond acceptors (Lipinski definition) is 4. The third kappa shape index (κ3) is 3.25. The number of aromatic nitrogens is 3. The van der Waals surface area contributed by atoms with E-state index in [9.17, 15) is 4.21 Å². The Kier molecular flexibility index (Phi) is 4.40. The van der Waals surface area contributed by atoms with Crippen LogP contribution in [-0.2, 0) is 11.4 Å². The Bertz CT molecular complexity index is 830. The van der Waals surface area contributed by atoms with E-state index in [-0.39, 0.29) is 5.75 Å². The van der Waals surface area contributed by atoms with E-state index in [1.807, 2.05) is 36.4 Å². The second-order valence-corrected chi connectivity index (χ2v) is 5.92. The fraction of sp³-hybridized carbons (Fsp3) is 0.250. The molecule has 6 nitrogen and oxygen atoms in total. The maximum atomic E-state index is 11.0. The van der Waals surface area contributed by atoms with Crippen molar-refractivity contribution in [1.29, 1.82) is 0 Å². The summed E-state index contributed by atoms with van der Waals surface area (Å²) in [6.45, 7) is 4.23. The molecule has 7 heteroatoms. The summed E-state index contributed by atoms with van der Waals surface area (Å²) < 4.78 is 25.1. The topological polar surface area (TPSA) is 77.2 Å². The predicted octanol–water partition coefficient (Wildman–Crippen LogP) is 3.45. The molecule has 0 fully saturated rings. The Balaban J connectivity index is 2.14. The molecular weight excluding hydrogens is 314 g/mol. The highest BCUT2D eigenvalue weighted by Gasteiger charge is 2.15. The first-order valence-electron chi connectivity index (χ1n) is 7.34. The molecule has 120 valence electrons. The lowest BCUT2D eigenvalue weighted by molar-refractivity contribution is 0.455. The first-order valence-corrected chi connectivity index (χ1v) is 8.37. The summed E-state index contributed by atoms with van der Waals surface area (Å²) in [5.74, 6) is 0.616. The van der Waals surface area contributed by atoms with Gasteiger partial charge in [0, 0.05) is 0 Å². The molecule has 0 saturated heterocycles. The van der Waals surface area contributed by atoms with Gasteiger partial charge in [0.05, 0.1) is 0 Å². The van der Waals surface area contributed by atoms with E-state index in [4.69, 9.17) is 8.74 Å². The van der Waals surface area contributed by atoms with E-state index in [1.54, 1.807) is 6.07 Å². The molecule has 0 bridgehead atoms. The highest BCUT2D eigenvalue weighted by molar-refractivity contribution is 7.74. The van der Waals surface area contributed by atoms with Crippen molar-refractivity contribution in [2.45, 2.75) is 26.2 Å². The zero-order valence-electron chi connectivity index (χ0n) is 12.8. The van der Waals surface area contributed by atoms with Crippen molar-refractivity contribution >= 4 is 22.4 Å². The number of nitrogens with zero attached hydrogens (tertiary/aromatic N) is 3. The minimum Gasteiger partial charge on any atom is -0.378 e. The normalized spacial score (nSPS) is 13.9. The lowest BCUT2D eigenvalue weighted by atomic mass is 9.98. The molecule has 23 heavy (non-hydrogen) atoms. The van der Waals surface area contributed by atoms with Crippen LogP contribution >= 0.6 is 0 Å². The van der Waals surface area contributed by atoms with E-state index in [0.29, 0.717) is 11.6 Å². The number of benzene rings is 2. The second kappa shape index (κ2) is 6.47. The average molecular weight is 331 g/mol. The lowest BCUT2D eigenvalue weighted by Gasteiger charge is -2.13. The van der Waals surface area contributed by atoms with Gasteiger partial charge in [0.25, 0.3) is 0 Å². The van der Waals surface area contributed by atoms with E-state index < -0.39 is 11.4 Å². The fourth-order valence-corrected chi connectivity index (χ4v) is 2.64. The summed E-state index contributed by atoms with van der Waals surface area (Å²) >= 11 is -2.41. The van der Waals surface area contributed by atoms with E-state index in [0.717, 1.165) is 23.0 Å². The highest BCUT2D eigenvalue weighted by atomic mass is 32.2. The van der Waals surface area contributed by atoms with Gasteiger partial charge < -0.3 is 4.18 Å². The van der Waals surface area contributed by atoms with Gasteiger partial charge >= 0.3 is 11.4 Å². The monoisotopic (exact) mass is 331 g/mol. The largest absolute Gasteiger partial charge is 0.378 e.